The van der Waals surface area contributed by atoms with E-state index in [1.807, 2.05) is 24.3 Å². The molecule has 4 N–H and O–H groups in total. The van der Waals surface area contributed by atoms with Gasteiger partial charge in [0.25, 0.3) is 10.1 Å². The summed E-state index contributed by atoms with van der Waals surface area (Å²) in [4.78, 5) is 8.03. The van der Waals surface area contributed by atoms with Crippen molar-refractivity contribution >= 4 is 48.3 Å². The van der Waals surface area contributed by atoms with Gasteiger partial charge >= 0.3 is 0 Å². The Labute approximate surface area is 175 Å². The molecule has 0 saturated heterocycles. The van der Waals surface area contributed by atoms with E-state index in [2.05, 4.69) is 9.97 Å². The van der Waals surface area contributed by atoms with Gasteiger partial charge in [0.05, 0.1) is 26.3 Å². The van der Waals surface area contributed by atoms with Crippen LogP contribution < -0.4 is 5.73 Å². The molecule has 0 aliphatic rings. The summed E-state index contributed by atoms with van der Waals surface area (Å²) in [5.41, 5.74) is 7.43. The number of benzene rings is 2. The van der Waals surface area contributed by atoms with Crippen molar-refractivity contribution in [3.8, 4) is 11.0 Å². The van der Waals surface area contributed by atoms with Crippen molar-refractivity contribution in [1.29, 1.82) is 0 Å². The van der Waals surface area contributed by atoms with E-state index in [1.165, 1.54) is 35.6 Å². The molecule has 2 aromatic carbocycles. The maximum atomic E-state index is 11.2. The molecule has 0 aliphatic heterocycles. The molecule has 0 radical (unpaired) electrons. The van der Waals surface area contributed by atoms with Gasteiger partial charge in [0.2, 0.25) is 0 Å². The van der Waals surface area contributed by atoms with Gasteiger partial charge in [0.1, 0.15) is 0 Å². The van der Waals surface area contributed by atoms with Gasteiger partial charge in [-0.05, 0) is 42.5 Å². The molecular weight excluding hydrogens is 424 g/mol. The molecule has 152 valence electrons. The number of thiazole rings is 1. The molecule has 8 nitrogen and oxygen atoms in total. The second kappa shape index (κ2) is 7.75. The van der Waals surface area contributed by atoms with Crippen molar-refractivity contribution < 1.29 is 18.1 Å². The van der Waals surface area contributed by atoms with Gasteiger partial charge in [-0.1, -0.05) is 23.5 Å². The molecule has 0 aliphatic carbocycles. The molecule has 0 amide bonds. The molecule has 0 bridgehead atoms. The number of anilines is 1. The van der Waals surface area contributed by atoms with E-state index in [0.29, 0.717) is 21.7 Å². The van der Waals surface area contributed by atoms with E-state index in [4.69, 9.17) is 10.3 Å². The number of nitrogen functional groups attached to an aromatic ring is 1. The number of rotatable bonds is 2. The van der Waals surface area contributed by atoms with Crippen LogP contribution in [0, 0.1) is 0 Å². The first kappa shape index (κ1) is 19.8. The summed E-state index contributed by atoms with van der Waals surface area (Å²) in [6.07, 6.45) is 3.30. The van der Waals surface area contributed by atoms with Gasteiger partial charge in [-0.15, -0.1) is 0 Å². The predicted octanol–water partition coefficient (Wildman–Crippen LogP) is 3.86. The first-order chi connectivity index (χ1) is 14.3. The monoisotopic (exact) mass is 440 g/mol. The lowest BCUT2D eigenvalue weighted by Crippen LogP contribution is -1.98. The number of para-hydroxylation sites is 1. The van der Waals surface area contributed by atoms with Crippen LogP contribution in [0.25, 0.3) is 26.3 Å². The van der Waals surface area contributed by atoms with Gasteiger partial charge in [-0.3, -0.25) is 14.1 Å². The highest BCUT2D eigenvalue weighted by Gasteiger charge is 2.16. The average molecular weight is 441 g/mol. The van der Waals surface area contributed by atoms with E-state index in [9.17, 15) is 13.5 Å². The molecule has 0 fully saturated rings. The Morgan fingerprint density at radius 1 is 1.03 bits per heavy atom. The maximum Gasteiger partial charge on any atom is 0.294 e. The molecule has 5 aromatic rings. The third-order valence-electron chi connectivity index (χ3n) is 4.21. The van der Waals surface area contributed by atoms with Crippen molar-refractivity contribution in [3.63, 3.8) is 0 Å². The van der Waals surface area contributed by atoms with Crippen LogP contribution in [-0.4, -0.2) is 32.6 Å². The predicted molar refractivity (Wildman–Crippen MR) is 117 cm³/mol. The van der Waals surface area contributed by atoms with Crippen molar-refractivity contribution in [3.05, 3.63) is 73.1 Å². The minimum Gasteiger partial charge on any atom is -0.494 e. The van der Waals surface area contributed by atoms with Crippen LogP contribution in [0.2, 0.25) is 0 Å². The molecule has 0 spiro atoms. The third kappa shape index (κ3) is 3.96. The summed E-state index contributed by atoms with van der Waals surface area (Å²) in [6, 6.07) is 16.8. The van der Waals surface area contributed by atoms with E-state index in [-0.39, 0.29) is 10.8 Å². The van der Waals surface area contributed by atoms with Crippen LogP contribution in [0.3, 0.4) is 0 Å². The van der Waals surface area contributed by atoms with Crippen LogP contribution in [0.5, 0.6) is 5.88 Å². The standard InChI is InChI=1S/C15H10N2O4S2.C5H6N2/c18-14-8-9-7-10(23(19,20)21)5-6-12(9)17(14)15-16-11-3-1-2-4-13(11)22-15;6-5-2-1-3-7-4-5/h1-8,18H,(H,19,20,21);1-4H,6H2. The highest BCUT2D eigenvalue weighted by atomic mass is 32.2. The average Bonchev–Trinajstić information content (AvgIpc) is 3.27. The highest BCUT2D eigenvalue weighted by Crippen LogP contribution is 2.33. The Bertz CT molecular complexity index is 1410. The third-order valence-corrected chi connectivity index (χ3v) is 6.08. The van der Waals surface area contributed by atoms with Crippen LogP contribution >= 0.6 is 11.3 Å². The molecule has 30 heavy (non-hydrogen) atoms. The zero-order valence-corrected chi connectivity index (χ0v) is 17.0. The fourth-order valence-electron chi connectivity index (χ4n) is 2.87. The quantitative estimate of drug-likeness (QED) is 0.355. The van der Waals surface area contributed by atoms with Crippen LogP contribution in [0.15, 0.2) is 78.0 Å². The highest BCUT2D eigenvalue weighted by molar-refractivity contribution is 7.85. The summed E-state index contributed by atoms with van der Waals surface area (Å²) in [5.74, 6) is -0.0495. The molecule has 10 heteroatoms. The smallest absolute Gasteiger partial charge is 0.294 e. The number of pyridine rings is 1. The van der Waals surface area contributed by atoms with E-state index in [0.717, 1.165) is 10.2 Å². The van der Waals surface area contributed by atoms with Gasteiger partial charge in [0.15, 0.2) is 11.0 Å². The first-order valence-electron chi connectivity index (χ1n) is 8.66. The van der Waals surface area contributed by atoms with Crippen molar-refractivity contribution in [2.45, 2.75) is 4.90 Å². The van der Waals surface area contributed by atoms with Crippen LogP contribution in [0.4, 0.5) is 5.69 Å². The Kier molecular flexibility index (Phi) is 5.12. The minimum atomic E-state index is -4.29. The van der Waals surface area contributed by atoms with Gasteiger partial charge in [-0.25, -0.2) is 4.98 Å². The van der Waals surface area contributed by atoms with Crippen LogP contribution in [0.1, 0.15) is 0 Å². The van der Waals surface area contributed by atoms with Crippen molar-refractivity contribution in [1.82, 2.24) is 14.5 Å². The zero-order valence-electron chi connectivity index (χ0n) is 15.4. The zero-order chi connectivity index (χ0) is 21.3. The lowest BCUT2D eigenvalue weighted by Gasteiger charge is -2.02. The summed E-state index contributed by atoms with van der Waals surface area (Å²) in [5, 5.41) is 11.3. The summed E-state index contributed by atoms with van der Waals surface area (Å²) < 4.78 is 34.1. The fourth-order valence-corrected chi connectivity index (χ4v) is 4.38. The Morgan fingerprint density at radius 3 is 2.47 bits per heavy atom. The van der Waals surface area contributed by atoms with E-state index in [1.54, 1.807) is 29.1 Å². The van der Waals surface area contributed by atoms with Gasteiger partial charge in [-0.2, -0.15) is 8.42 Å². The largest absolute Gasteiger partial charge is 0.494 e. The number of aromatic hydroxyl groups is 1. The molecule has 3 aromatic heterocycles. The lowest BCUT2D eigenvalue weighted by molar-refractivity contribution is 0.445. The number of nitrogens with zero attached hydrogens (tertiary/aromatic N) is 3. The number of fused-ring (bicyclic) bond motifs is 2. The molecule has 0 atom stereocenters. The summed E-state index contributed by atoms with van der Waals surface area (Å²) in [6.45, 7) is 0. The molecular formula is C20H16N4O4S2. The number of nitrogens with two attached hydrogens (primary N) is 1. The first-order valence-corrected chi connectivity index (χ1v) is 10.9. The molecule has 5 rings (SSSR count). The maximum absolute atomic E-state index is 11.2. The van der Waals surface area contributed by atoms with Gasteiger partial charge in [0, 0.05) is 23.8 Å². The number of aromatic nitrogens is 3. The second-order valence-corrected chi connectivity index (χ2v) is 8.71. The van der Waals surface area contributed by atoms with E-state index < -0.39 is 10.1 Å². The molecule has 0 saturated carbocycles. The van der Waals surface area contributed by atoms with Crippen LogP contribution in [-0.2, 0) is 10.1 Å². The Hall–Kier alpha value is -3.47. The van der Waals surface area contributed by atoms with Crippen molar-refractivity contribution in [2.75, 3.05) is 5.73 Å². The number of hydrogen-bond acceptors (Lipinski definition) is 7. The Morgan fingerprint density at radius 2 is 1.83 bits per heavy atom. The second-order valence-electron chi connectivity index (χ2n) is 6.28. The van der Waals surface area contributed by atoms with E-state index >= 15 is 0 Å². The normalized spacial score (nSPS) is 11.4. The topological polar surface area (TPSA) is 131 Å². The van der Waals surface area contributed by atoms with Gasteiger partial charge < -0.3 is 10.8 Å². The number of hydrogen-bond donors (Lipinski definition) is 3. The molecule has 3 heterocycles. The van der Waals surface area contributed by atoms with Crippen molar-refractivity contribution in [2.24, 2.45) is 0 Å². The molecule has 0 unspecified atom stereocenters. The Balaban J connectivity index is 0.000000265. The summed E-state index contributed by atoms with van der Waals surface area (Å²) >= 11 is 1.42. The lowest BCUT2D eigenvalue weighted by atomic mass is 10.2. The SMILES string of the molecule is Nc1cccnc1.O=S(=O)(O)c1ccc2c(c1)cc(O)n2-c1nc2ccccc2s1. The fraction of sp³-hybridized carbons (Fsp3) is 0. The summed E-state index contributed by atoms with van der Waals surface area (Å²) in [7, 11) is -4.29. The minimum absolute atomic E-state index is 0.0495.